The van der Waals surface area contributed by atoms with Gasteiger partial charge in [-0.2, -0.15) is 28.1 Å². The third-order valence-electron chi connectivity index (χ3n) is 5.62. The first-order valence-corrected chi connectivity index (χ1v) is 12.1. The number of aryl methyl sites for hydroxylation is 1. The number of unbranched alkanes of at least 4 members (excludes halogenated alkanes) is 2. The highest BCUT2D eigenvalue weighted by atomic mass is 19.4. The molecule has 0 bridgehead atoms. The third-order valence-corrected chi connectivity index (χ3v) is 5.62. The van der Waals surface area contributed by atoms with Gasteiger partial charge in [0, 0.05) is 35.9 Å². The van der Waals surface area contributed by atoms with E-state index in [1.54, 1.807) is 41.5 Å². The van der Waals surface area contributed by atoms with Crippen LogP contribution in [-0.2, 0) is 6.18 Å². The molecule has 0 saturated carbocycles. The summed E-state index contributed by atoms with van der Waals surface area (Å²) in [5.41, 5.74) is 0.812. The van der Waals surface area contributed by atoms with Crippen LogP contribution in [0.25, 0.3) is 5.95 Å². The Bertz CT molecular complexity index is 1390. The summed E-state index contributed by atoms with van der Waals surface area (Å²) in [6.45, 7) is 4.67. The predicted octanol–water partition coefficient (Wildman–Crippen LogP) is 5.98. The van der Waals surface area contributed by atoms with Crippen molar-refractivity contribution in [1.29, 1.82) is 0 Å². The molecule has 0 radical (unpaired) electrons. The first kappa shape index (κ1) is 26.6. The maximum atomic E-state index is 13.0. The monoisotopic (exact) mass is 524 g/mol. The van der Waals surface area contributed by atoms with Gasteiger partial charge in [0.1, 0.15) is 6.33 Å². The summed E-state index contributed by atoms with van der Waals surface area (Å²) in [5.74, 6) is 0.438. The van der Waals surface area contributed by atoms with Gasteiger partial charge in [-0.05, 0) is 49.2 Å². The van der Waals surface area contributed by atoms with Crippen molar-refractivity contribution in [3.05, 3.63) is 77.9 Å². The lowest BCUT2D eigenvalue weighted by Gasteiger charge is -2.13. The Morgan fingerprint density at radius 1 is 1.03 bits per heavy atom. The summed E-state index contributed by atoms with van der Waals surface area (Å²) in [4.78, 5) is 30.3. The van der Waals surface area contributed by atoms with Crippen LogP contribution in [0.4, 0.5) is 36.4 Å². The quantitative estimate of drug-likeness (QED) is 0.219. The third kappa shape index (κ3) is 6.84. The van der Waals surface area contributed by atoms with Crippen molar-refractivity contribution in [3.8, 4) is 5.95 Å². The number of imidazole rings is 1. The minimum absolute atomic E-state index is 0.0427. The van der Waals surface area contributed by atoms with Gasteiger partial charge in [0.25, 0.3) is 5.91 Å². The summed E-state index contributed by atoms with van der Waals surface area (Å²) in [5, 5.41) is 8.88. The Labute approximate surface area is 217 Å². The van der Waals surface area contributed by atoms with Crippen molar-refractivity contribution >= 4 is 29.2 Å². The van der Waals surface area contributed by atoms with E-state index in [0.717, 1.165) is 37.0 Å². The van der Waals surface area contributed by atoms with Gasteiger partial charge in [-0.15, -0.1) is 0 Å². The lowest BCUT2D eigenvalue weighted by Crippen LogP contribution is -2.14. The molecule has 2 aromatic carbocycles. The molecule has 38 heavy (non-hydrogen) atoms. The molecular formula is C26H27F3N8O. The summed E-state index contributed by atoms with van der Waals surface area (Å²) >= 11 is 0. The SMILES string of the molecule is CCCCCNc1nc(Nc2cc(C(=O)Nc3cccc(C(F)(F)F)c3)ccc2C)nc(-n2ccnc2)n1. The largest absolute Gasteiger partial charge is 0.416 e. The number of benzene rings is 2. The normalized spacial score (nSPS) is 11.3. The van der Waals surface area contributed by atoms with Gasteiger partial charge >= 0.3 is 6.18 Å². The summed E-state index contributed by atoms with van der Waals surface area (Å²) < 4.78 is 40.8. The zero-order chi connectivity index (χ0) is 27.1. The van der Waals surface area contributed by atoms with Gasteiger partial charge in [0.15, 0.2) is 0 Å². The van der Waals surface area contributed by atoms with E-state index in [2.05, 4.69) is 42.8 Å². The van der Waals surface area contributed by atoms with Crippen molar-refractivity contribution in [2.24, 2.45) is 0 Å². The van der Waals surface area contributed by atoms with Crippen LogP contribution in [0.2, 0.25) is 0 Å². The fourth-order valence-corrected chi connectivity index (χ4v) is 3.56. The number of rotatable bonds is 10. The first-order valence-electron chi connectivity index (χ1n) is 12.1. The number of alkyl halides is 3. The minimum atomic E-state index is -4.51. The number of hydrogen-bond acceptors (Lipinski definition) is 7. The fourth-order valence-electron chi connectivity index (χ4n) is 3.56. The molecule has 4 aromatic rings. The van der Waals surface area contributed by atoms with Crippen molar-refractivity contribution in [2.45, 2.75) is 39.3 Å². The Morgan fingerprint density at radius 3 is 2.58 bits per heavy atom. The molecule has 0 aliphatic rings. The predicted molar refractivity (Wildman–Crippen MR) is 139 cm³/mol. The molecule has 198 valence electrons. The van der Waals surface area contributed by atoms with Crippen LogP contribution in [-0.4, -0.2) is 37.0 Å². The molecule has 0 unspecified atom stereocenters. The van der Waals surface area contributed by atoms with Gasteiger partial charge in [-0.1, -0.05) is 31.9 Å². The average Bonchev–Trinajstić information content (AvgIpc) is 3.43. The van der Waals surface area contributed by atoms with E-state index in [1.807, 2.05) is 6.92 Å². The lowest BCUT2D eigenvalue weighted by atomic mass is 10.1. The van der Waals surface area contributed by atoms with E-state index >= 15 is 0 Å². The molecule has 0 fully saturated rings. The summed E-state index contributed by atoms with van der Waals surface area (Å²) in [6.07, 6.45) is 3.52. The van der Waals surface area contributed by atoms with E-state index in [-0.39, 0.29) is 17.2 Å². The highest BCUT2D eigenvalue weighted by Crippen LogP contribution is 2.31. The van der Waals surface area contributed by atoms with Crippen LogP contribution in [0, 0.1) is 6.92 Å². The van der Waals surface area contributed by atoms with E-state index in [0.29, 0.717) is 24.1 Å². The Kier molecular flexibility index (Phi) is 8.19. The smallest absolute Gasteiger partial charge is 0.354 e. The standard InChI is InChI=1S/C26H27F3N8O/c1-3-4-5-11-31-23-34-24(36-25(35-23)37-13-12-30-16-37)33-21-14-18(10-9-17(21)2)22(38)32-20-8-6-7-19(15-20)26(27,28)29/h6-10,12-16H,3-5,11H2,1-2H3,(H,32,38)(H2,31,33,34,35,36). The van der Waals surface area contributed by atoms with E-state index in [9.17, 15) is 18.0 Å². The van der Waals surface area contributed by atoms with Crippen molar-refractivity contribution < 1.29 is 18.0 Å². The van der Waals surface area contributed by atoms with Crippen molar-refractivity contribution in [1.82, 2.24) is 24.5 Å². The summed E-state index contributed by atoms with van der Waals surface area (Å²) in [6, 6.07) is 9.39. The van der Waals surface area contributed by atoms with Crippen molar-refractivity contribution in [3.63, 3.8) is 0 Å². The van der Waals surface area contributed by atoms with Crippen LogP contribution < -0.4 is 16.0 Å². The number of carbonyl (C=O) groups is 1. The molecule has 0 aliphatic carbocycles. The number of anilines is 4. The molecule has 12 heteroatoms. The summed E-state index contributed by atoms with van der Waals surface area (Å²) in [7, 11) is 0. The molecule has 0 atom stereocenters. The zero-order valence-electron chi connectivity index (χ0n) is 20.9. The van der Waals surface area contributed by atoms with Crippen LogP contribution >= 0.6 is 0 Å². The molecule has 1 amide bonds. The van der Waals surface area contributed by atoms with Crippen LogP contribution in [0.1, 0.15) is 47.7 Å². The number of hydrogen-bond donors (Lipinski definition) is 3. The molecule has 3 N–H and O–H groups in total. The Balaban J connectivity index is 1.56. The molecular weight excluding hydrogens is 497 g/mol. The fraction of sp³-hybridized carbons (Fsp3) is 0.269. The molecule has 0 aliphatic heterocycles. The molecule has 0 spiro atoms. The van der Waals surface area contributed by atoms with E-state index in [4.69, 9.17) is 0 Å². The topological polar surface area (TPSA) is 110 Å². The number of carbonyl (C=O) groups excluding carboxylic acids is 1. The molecule has 0 saturated heterocycles. The van der Waals surface area contributed by atoms with Crippen molar-refractivity contribution in [2.75, 3.05) is 22.5 Å². The number of aromatic nitrogens is 5. The Morgan fingerprint density at radius 2 is 1.84 bits per heavy atom. The van der Waals surface area contributed by atoms with Gasteiger partial charge in [0.05, 0.1) is 5.56 Å². The van der Waals surface area contributed by atoms with Crippen LogP contribution in [0.5, 0.6) is 0 Å². The van der Waals surface area contributed by atoms with Gasteiger partial charge < -0.3 is 16.0 Å². The average molecular weight is 525 g/mol. The maximum Gasteiger partial charge on any atom is 0.416 e. The second-order valence-electron chi connectivity index (χ2n) is 8.57. The highest BCUT2D eigenvalue weighted by Gasteiger charge is 2.30. The van der Waals surface area contributed by atoms with Gasteiger partial charge in [-0.25, -0.2) is 4.98 Å². The van der Waals surface area contributed by atoms with Gasteiger partial charge in [0.2, 0.25) is 17.8 Å². The number of amides is 1. The Hall–Kier alpha value is -4.48. The van der Waals surface area contributed by atoms with E-state index in [1.165, 1.54) is 12.1 Å². The van der Waals surface area contributed by atoms with E-state index < -0.39 is 17.6 Å². The number of nitrogens with one attached hydrogen (secondary N) is 3. The van der Waals surface area contributed by atoms with Gasteiger partial charge in [-0.3, -0.25) is 9.36 Å². The second kappa shape index (κ2) is 11.7. The van der Waals surface area contributed by atoms with Crippen LogP contribution in [0.15, 0.2) is 61.2 Å². The highest BCUT2D eigenvalue weighted by molar-refractivity contribution is 6.05. The maximum absolute atomic E-state index is 13.0. The first-order chi connectivity index (χ1) is 18.2. The molecule has 2 heterocycles. The second-order valence-corrected chi connectivity index (χ2v) is 8.57. The minimum Gasteiger partial charge on any atom is -0.354 e. The molecule has 4 rings (SSSR count). The molecule has 9 nitrogen and oxygen atoms in total. The number of nitrogens with zero attached hydrogens (tertiary/aromatic N) is 5. The number of halogens is 3. The van der Waals surface area contributed by atoms with Crippen LogP contribution in [0.3, 0.4) is 0 Å². The lowest BCUT2D eigenvalue weighted by molar-refractivity contribution is -0.137. The zero-order valence-corrected chi connectivity index (χ0v) is 20.9. The molecule has 2 aromatic heterocycles.